The van der Waals surface area contributed by atoms with Crippen LogP contribution in [-0.2, 0) is 16.6 Å². The van der Waals surface area contributed by atoms with Gasteiger partial charge in [0.15, 0.2) is 5.03 Å². The summed E-state index contributed by atoms with van der Waals surface area (Å²) in [6.45, 7) is 7.09. The first-order valence-corrected chi connectivity index (χ1v) is 7.61. The van der Waals surface area contributed by atoms with Crippen molar-refractivity contribution in [2.24, 2.45) is 0 Å². The van der Waals surface area contributed by atoms with Crippen molar-refractivity contribution < 1.29 is 8.42 Å². The average molecular weight is 274 g/mol. The minimum absolute atomic E-state index is 0.143. The van der Waals surface area contributed by atoms with E-state index in [9.17, 15) is 8.42 Å². The molecule has 0 aliphatic rings. The molecule has 18 heavy (non-hydrogen) atoms. The van der Waals surface area contributed by atoms with Crippen molar-refractivity contribution in [3.05, 3.63) is 11.3 Å². The van der Waals surface area contributed by atoms with Crippen LogP contribution in [-0.4, -0.2) is 43.1 Å². The van der Waals surface area contributed by atoms with E-state index in [1.807, 2.05) is 20.8 Å². The van der Waals surface area contributed by atoms with Crippen molar-refractivity contribution in [1.29, 1.82) is 0 Å². The zero-order valence-electron chi connectivity index (χ0n) is 11.4. The van der Waals surface area contributed by atoms with Crippen LogP contribution in [0.15, 0.2) is 5.03 Å². The summed E-state index contributed by atoms with van der Waals surface area (Å²) in [5.41, 5.74) is 1.50. The number of sulfonamides is 1. The molecule has 7 heteroatoms. The lowest BCUT2D eigenvalue weighted by Gasteiger charge is -2.19. The van der Waals surface area contributed by atoms with Gasteiger partial charge >= 0.3 is 0 Å². The first kappa shape index (κ1) is 15.1. The van der Waals surface area contributed by atoms with Gasteiger partial charge in [-0.05, 0) is 20.4 Å². The Kier molecular flexibility index (Phi) is 5.30. The van der Waals surface area contributed by atoms with Gasteiger partial charge in [-0.15, -0.1) is 0 Å². The number of H-pyrrole nitrogens is 1. The summed E-state index contributed by atoms with van der Waals surface area (Å²) < 4.78 is 26.4. The van der Waals surface area contributed by atoms with Crippen LogP contribution in [0.3, 0.4) is 0 Å². The Labute approximate surface area is 109 Å². The van der Waals surface area contributed by atoms with E-state index >= 15 is 0 Å². The highest BCUT2D eigenvalue weighted by Gasteiger charge is 2.28. The van der Waals surface area contributed by atoms with Crippen LogP contribution in [0.2, 0.25) is 0 Å². The highest BCUT2D eigenvalue weighted by molar-refractivity contribution is 7.89. The molecular formula is C11H22N4O2S. The first-order valence-electron chi connectivity index (χ1n) is 6.17. The molecule has 0 saturated heterocycles. The van der Waals surface area contributed by atoms with Gasteiger partial charge in [0.1, 0.15) is 0 Å². The number of aromatic nitrogens is 2. The molecule has 0 bridgehead atoms. The lowest BCUT2D eigenvalue weighted by molar-refractivity contribution is 0.424. The zero-order chi connectivity index (χ0) is 13.8. The summed E-state index contributed by atoms with van der Waals surface area (Å²) in [4.78, 5) is 0. The molecule has 1 heterocycles. The fourth-order valence-corrected chi connectivity index (χ4v) is 3.55. The standard InChI is InChI=1S/C11H22N4O2S/c1-5-7-15(6-2)18(16,17)11-10(8-12-4)9(3)13-14-11/h12H,5-8H2,1-4H3,(H,13,14). The van der Waals surface area contributed by atoms with E-state index in [0.29, 0.717) is 25.2 Å². The van der Waals surface area contributed by atoms with Crippen molar-refractivity contribution in [2.75, 3.05) is 20.1 Å². The van der Waals surface area contributed by atoms with Crippen LogP contribution in [0.5, 0.6) is 0 Å². The predicted molar refractivity (Wildman–Crippen MR) is 70.8 cm³/mol. The molecule has 0 amide bonds. The van der Waals surface area contributed by atoms with E-state index in [2.05, 4.69) is 15.5 Å². The molecule has 0 atom stereocenters. The molecule has 0 fully saturated rings. The number of aryl methyl sites for hydroxylation is 1. The third-order valence-electron chi connectivity index (χ3n) is 2.80. The molecule has 1 rings (SSSR count). The third kappa shape index (κ3) is 2.90. The van der Waals surface area contributed by atoms with E-state index in [4.69, 9.17) is 0 Å². The Morgan fingerprint density at radius 1 is 1.39 bits per heavy atom. The predicted octanol–water partition coefficient (Wildman–Crippen LogP) is 0.858. The fourth-order valence-electron chi connectivity index (χ4n) is 1.85. The van der Waals surface area contributed by atoms with Crippen molar-refractivity contribution in [3.8, 4) is 0 Å². The highest BCUT2D eigenvalue weighted by atomic mass is 32.2. The lowest BCUT2D eigenvalue weighted by atomic mass is 10.3. The Balaban J connectivity index is 3.19. The summed E-state index contributed by atoms with van der Waals surface area (Å²) in [5.74, 6) is 0. The van der Waals surface area contributed by atoms with Gasteiger partial charge in [-0.25, -0.2) is 8.42 Å². The van der Waals surface area contributed by atoms with Gasteiger partial charge in [0, 0.05) is 30.9 Å². The molecular weight excluding hydrogens is 252 g/mol. The zero-order valence-corrected chi connectivity index (χ0v) is 12.3. The second kappa shape index (κ2) is 6.31. The fraction of sp³-hybridized carbons (Fsp3) is 0.727. The van der Waals surface area contributed by atoms with E-state index in [0.717, 1.165) is 12.1 Å². The molecule has 104 valence electrons. The normalized spacial score (nSPS) is 12.3. The quantitative estimate of drug-likeness (QED) is 0.773. The second-order valence-electron chi connectivity index (χ2n) is 4.16. The molecule has 0 aliphatic heterocycles. The number of hydrogen-bond donors (Lipinski definition) is 2. The van der Waals surface area contributed by atoms with Crippen molar-refractivity contribution in [3.63, 3.8) is 0 Å². The molecule has 6 nitrogen and oxygen atoms in total. The first-order chi connectivity index (χ1) is 8.48. The molecule has 1 aromatic rings. The van der Waals surface area contributed by atoms with E-state index in [1.54, 1.807) is 7.05 Å². The summed E-state index contributed by atoms with van der Waals surface area (Å²) in [7, 11) is -1.71. The van der Waals surface area contributed by atoms with Gasteiger partial charge in [-0.3, -0.25) is 5.10 Å². The minimum Gasteiger partial charge on any atom is -0.316 e. The molecule has 2 N–H and O–H groups in total. The van der Waals surface area contributed by atoms with E-state index < -0.39 is 10.0 Å². The Bertz CT molecular complexity index is 481. The number of nitrogens with one attached hydrogen (secondary N) is 2. The number of hydrogen-bond acceptors (Lipinski definition) is 4. The Hall–Kier alpha value is -0.920. The maximum absolute atomic E-state index is 12.5. The van der Waals surface area contributed by atoms with Crippen molar-refractivity contribution in [2.45, 2.75) is 38.8 Å². The highest BCUT2D eigenvalue weighted by Crippen LogP contribution is 2.20. The maximum Gasteiger partial charge on any atom is 0.262 e. The molecule has 0 aromatic carbocycles. The molecule has 1 aromatic heterocycles. The number of nitrogens with zero attached hydrogens (tertiary/aromatic N) is 2. The van der Waals surface area contributed by atoms with E-state index in [-0.39, 0.29) is 5.03 Å². The van der Waals surface area contributed by atoms with Gasteiger partial charge < -0.3 is 5.32 Å². The molecule has 0 radical (unpaired) electrons. The van der Waals surface area contributed by atoms with Crippen LogP contribution in [0, 0.1) is 6.92 Å². The minimum atomic E-state index is -3.49. The summed E-state index contributed by atoms with van der Waals surface area (Å²) in [5, 5.41) is 9.83. The lowest BCUT2D eigenvalue weighted by Crippen LogP contribution is -2.32. The molecule has 0 unspecified atom stereocenters. The maximum atomic E-state index is 12.5. The Morgan fingerprint density at radius 3 is 2.56 bits per heavy atom. The van der Waals surface area contributed by atoms with Gasteiger partial charge in [0.25, 0.3) is 10.0 Å². The topological polar surface area (TPSA) is 78.1 Å². The summed E-state index contributed by atoms with van der Waals surface area (Å²) >= 11 is 0. The monoisotopic (exact) mass is 274 g/mol. The smallest absolute Gasteiger partial charge is 0.262 e. The van der Waals surface area contributed by atoms with Crippen molar-refractivity contribution in [1.82, 2.24) is 19.8 Å². The van der Waals surface area contributed by atoms with Gasteiger partial charge in [0.05, 0.1) is 0 Å². The molecule has 0 aliphatic carbocycles. The van der Waals surface area contributed by atoms with Crippen LogP contribution < -0.4 is 5.32 Å². The van der Waals surface area contributed by atoms with Gasteiger partial charge in [-0.2, -0.15) is 9.40 Å². The molecule has 0 saturated carbocycles. The summed E-state index contributed by atoms with van der Waals surface area (Å²) in [6.07, 6.45) is 0.790. The van der Waals surface area contributed by atoms with Crippen LogP contribution in [0.4, 0.5) is 0 Å². The molecule has 0 spiro atoms. The van der Waals surface area contributed by atoms with E-state index in [1.165, 1.54) is 4.31 Å². The second-order valence-corrected chi connectivity index (χ2v) is 6.01. The third-order valence-corrected chi connectivity index (χ3v) is 4.75. The largest absolute Gasteiger partial charge is 0.316 e. The number of rotatable bonds is 7. The summed E-state index contributed by atoms with van der Waals surface area (Å²) in [6, 6.07) is 0. The van der Waals surface area contributed by atoms with Gasteiger partial charge in [-0.1, -0.05) is 13.8 Å². The van der Waals surface area contributed by atoms with Crippen LogP contribution >= 0.6 is 0 Å². The number of aromatic amines is 1. The van der Waals surface area contributed by atoms with Crippen molar-refractivity contribution >= 4 is 10.0 Å². The Morgan fingerprint density at radius 2 is 2.06 bits per heavy atom. The SMILES string of the molecule is CCCN(CC)S(=O)(=O)c1n[nH]c(C)c1CNC. The van der Waals surface area contributed by atoms with Crippen LogP contribution in [0.1, 0.15) is 31.5 Å². The average Bonchev–Trinajstić information content (AvgIpc) is 2.69. The van der Waals surface area contributed by atoms with Crippen LogP contribution in [0.25, 0.3) is 0 Å². The van der Waals surface area contributed by atoms with Gasteiger partial charge in [0.2, 0.25) is 0 Å².